The van der Waals surface area contributed by atoms with Gasteiger partial charge < -0.3 is 14.7 Å². The Morgan fingerprint density at radius 2 is 2.33 bits per heavy atom. The fraction of sp³-hybridized carbons (Fsp3) is 0.364. The molecule has 2 rings (SSSR count). The fourth-order valence-corrected chi connectivity index (χ4v) is 1.87. The highest BCUT2D eigenvalue weighted by Crippen LogP contribution is 2.35. The Kier molecular flexibility index (Phi) is 2.26. The summed E-state index contributed by atoms with van der Waals surface area (Å²) in [7, 11) is 1.78. The lowest BCUT2D eigenvalue weighted by Gasteiger charge is -2.34. The zero-order valence-corrected chi connectivity index (χ0v) is 8.73. The second-order valence-corrected chi connectivity index (χ2v) is 3.70. The smallest absolute Gasteiger partial charge is 0.329 e. The first kappa shape index (κ1) is 9.83. The van der Waals surface area contributed by atoms with Crippen molar-refractivity contribution in [3.05, 3.63) is 23.8 Å². The number of ether oxygens (including phenoxy) is 1. The minimum atomic E-state index is -0.855. The van der Waals surface area contributed by atoms with Crippen LogP contribution in [0.15, 0.2) is 18.2 Å². The summed E-state index contributed by atoms with van der Waals surface area (Å²) >= 11 is 0. The normalized spacial score (nSPS) is 19.3. The number of hydrogen-bond acceptors (Lipinski definition) is 3. The SMILES string of the molecule is Cc1cccc2c1N(C)C(C(=O)O)CO2. The number of benzene rings is 1. The van der Waals surface area contributed by atoms with E-state index in [9.17, 15) is 4.79 Å². The standard InChI is InChI=1S/C11H13NO3/c1-7-4-3-5-9-10(7)12(2)8(6-15-9)11(13)14/h3-5,8H,6H2,1-2H3,(H,13,14). The van der Waals surface area contributed by atoms with Crippen LogP contribution in [0.5, 0.6) is 5.75 Å². The number of para-hydroxylation sites is 1. The molecule has 0 fully saturated rings. The highest BCUT2D eigenvalue weighted by Gasteiger charge is 2.30. The highest BCUT2D eigenvalue weighted by molar-refractivity contribution is 5.81. The van der Waals surface area contributed by atoms with Gasteiger partial charge >= 0.3 is 5.97 Å². The Labute approximate surface area is 88.1 Å². The molecule has 1 N–H and O–H groups in total. The van der Waals surface area contributed by atoms with Gasteiger partial charge in [-0.1, -0.05) is 12.1 Å². The van der Waals surface area contributed by atoms with Gasteiger partial charge in [-0.3, -0.25) is 0 Å². The minimum absolute atomic E-state index is 0.197. The molecule has 1 aromatic rings. The van der Waals surface area contributed by atoms with Crippen LogP contribution < -0.4 is 9.64 Å². The van der Waals surface area contributed by atoms with Crippen molar-refractivity contribution in [3.63, 3.8) is 0 Å². The summed E-state index contributed by atoms with van der Waals surface area (Å²) in [5, 5.41) is 9.00. The molecule has 1 unspecified atom stereocenters. The number of likely N-dealkylation sites (N-methyl/N-ethyl adjacent to an activating group) is 1. The Morgan fingerprint density at radius 1 is 1.60 bits per heavy atom. The molecule has 1 atom stereocenters. The van der Waals surface area contributed by atoms with E-state index >= 15 is 0 Å². The number of anilines is 1. The van der Waals surface area contributed by atoms with Crippen LogP contribution in [0.3, 0.4) is 0 Å². The van der Waals surface area contributed by atoms with Crippen LogP contribution >= 0.6 is 0 Å². The molecule has 4 heteroatoms. The summed E-state index contributed by atoms with van der Waals surface area (Å²) < 4.78 is 5.43. The lowest BCUT2D eigenvalue weighted by Crippen LogP contribution is -2.46. The van der Waals surface area contributed by atoms with E-state index in [0.717, 1.165) is 17.0 Å². The summed E-state index contributed by atoms with van der Waals surface area (Å²) in [6, 6.07) is 5.11. The summed E-state index contributed by atoms with van der Waals surface area (Å²) in [4.78, 5) is 12.7. The monoisotopic (exact) mass is 207 g/mol. The van der Waals surface area contributed by atoms with E-state index < -0.39 is 12.0 Å². The molecule has 0 amide bonds. The molecular formula is C11H13NO3. The first-order valence-corrected chi connectivity index (χ1v) is 4.79. The van der Waals surface area contributed by atoms with E-state index in [0.29, 0.717) is 0 Å². The number of fused-ring (bicyclic) bond motifs is 1. The van der Waals surface area contributed by atoms with E-state index in [4.69, 9.17) is 9.84 Å². The van der Waals surface area contributed by atoms with Gasteiger partial charge in [-0.15, -0.1) is 0 Å². The van der Waals surface area contributed by atoms with Crippen LogP contribution in [-0.4, -0.2) is 30.8 Å². The largest absolute Gasteiger partial charge is 0.489 e. The molecule has 1 heterocycles. The summed E-state index contributed by atoms with van der Waals surface area (Å²) in [6.07, 6.45) is 0. The molecule has 1 aliphatic rings. The van der Waals surface area contributed by atoms with E-state index in [1.54, 1.807) is 11.9 Å². The van der Waals surface area contributed by atoms with Crippen molar-refractivity contribution in [3.8, 4) is 5.75 Å². The summed E-state index contributed by atoms with van der Waals surface area (Å²) in [6.45, 7) is 2.14. The third-order valence-corrected chi connectivity index (χ3v) is 2.70. The van der Waals surface area contributed by atoms with Gasteiger partial charge in [0.1, 0.15) is 12.4 Å². The Bertz CT molecular complexity index is 403. The Morgan fingerprint density at radius 3 is 3.00 bits per heavy atom. The van der Waals surface area contributed by atoms with Crippen LogP contribution in [-0.2, 0) is 4.79 Å². The van der Waals surface area contributed by atoms with Gasteiger partial charge in [0.05, 0.1) is 5.69 Å². The molecular weight excluding hydrogens is 194 g/mol. The molecule has 4 nitrogen and oxygen atoms in total. The van der Waals surface area contributed by atoms with E-state index in [2.05, 4.69) is 0 Å². The number of hydrogen-bond donors (Lipinski definition) is 1. The highest BCUT2D eigenvalue weighted by atomic mass is 16.5. The van der Waals surface area contributed by atoms with Crippen molar-refractivity contribution in [1.82, 2.24) is 0 Å². The summed E-state index contributed by atoms with van der Waals surface area (Å²) in [5.74, 6) is -0.0959. The molecule has 0 aromatic heterocycles. The van der Waals surface area contributed by atoms with Gasteiger partial charge in [-0.05, 0) is 18.6 Å². The number of carbonyl (C=O) groups is 1. The maximum absolute atomic E-state index is 11.0. The van der Waals surface area contributed by atoms with Crippen molar-refractivity contribution in [2.45, 2.75) is 13.0 Å². The van der Waals surface area contributed by atoms with Crippen molar-refractivity contribution < 1.29 is 14.6 Å². The minimum Gasteiger partial charge on any atom is -0.489 e. The molecule has 0 saturated heterocycles. The maximum Gasteiger partial charge on any atom is 0.329 e. The average Bonchev–Trinajstić information content (AvgIpc) is 2.17. The molecule has 0 spiro atoms. The Balaban J connectivity index is 2.45. The van der Waals surface area contributed by atoms with E-state index in [1.807, 2.05) is 25.1 Å². The molecule has 0 bridgehead atoms. The van der Waals surface area contributed by atoms with Gasteiger partial charge in [-0.2, -0.15) is 0 Å². The topological polar surface area (TPSA) is 49.8 Å². The molecule has 0 saturated carbocycles. The second-order valence-electron chi connectivity index (χ2n) is 3.70. The van der Waals surface area contributed by atoms with Crippen LogP contribution in [0, 0.1) is 6.92 Å². The van der Waals surface area contributed by atoms with Crippen LogP contribution in [0.1, 0.15) is 5.56 Å². The van der Waals surface area contributed by atoms with Gasteiger partial charge in [0.2, 0.25) is 0 Å². The molecule has 1 aromatic carbocycles. The van der Waals surface area contributed by atoms with Gasteiger partial charge in [0.25, 0.3) is 0 Å². The zero-order chi connectivity index (χ0) is 11.0. The number of carboxylic acids is 1. The van der Waals surface area contributed by atoms with Crippen molar-refractivity contribution in [2.75, 3.05) is 18.6 Å². The lowest BCUT2D eigenvalue weighted by atomic mass is 10.1. The first-order chi connectivity index (χ1) is 7.11. The van der Waals surface area contributed by atoms with Gasteiger partial charge in [0.15, 0.2) is 6.04 Å². The number of aryl methyl sites for hydroxylation is 1. The van der Waals surface area contributed by atoms with Crippen molar-refractivity contribution in [1.29, 1.82) is 0 Å². The first-order valence-electron chi connectivity index (χ1n) is 4.79. The second kappa shape index (κ2) is 3.46. The maximum atomic E-state index is 11.0. The van der Waals surface area contributed by atoms with Crippen LogP contribution in [0.4, 0.5) is 5.69 Å². The predicted molar refractivity (Wildman–Crippen MR) is 56.5 cm³/mol. The number of aliphatic carboxylic acids is 1. The Hall–Kier alpha value is -1.71. The van der Waals surface area contributed by atoms with Crippen molar-refractivity contribution in [2.24, 2.45) is 0 Å². The number of rotatable bonds is 1. The molecule has 80 valence electrons. The third-order valence-electron chi connectivity index (χ3n) is 2.70. The van der Waals surface area contributed by atoms with Gasteiger partial charge in [0, 0.05) is 7.05 Å². The molecule has 15 heavy (non-hydrogen) atoms. The van der Waals surface area contributed by atoms with Gasteiger partial charge in [-0.25, -0.2) is 4.79 Å². The van der Waals surface area contributed by atoms with Crippen molar-refractivity contribution >= 4 is 11.7 Å². The fourth-order valence-electron chi connectivity index (χ4n) is 1.87. The predicted octanol–water partition coefficient (Wildman–Crippen LogP) is 1.28. The number of carboxylic acid groups (broad SMARTS) is 1. The lowest BCUT2D eigenvalue weighted by molar-refractivity contribution is -0.139. The molecule has 1 aliphatic heterocycles. The summed E-state index contributed by atoms with van der Waals surface area (Å²) in [5.41, 5.74) is 1.90. The van der Waals surface area contributed by atoms with Crippen LogP contribution in [0.2, 0.25) is 0 Å². The van der Waals surface area contributed by atoms with E-state index in [1.165, 1.54) is 0 Å². The average molecular weight is 207 g/mol. The van der Waals surface area contributed by atoms with E-state index in [-0.39, 0.29) is 6.61 Å². The van der Waals surface area contributed by atoms with Crippen LogP contribution in [0.25, 0.3) is 0 Å². The number of nitrogens with zero attached hydrogens (tertiary/aromatic N) is 1. The quantitative estimate of drug-likeness (QED) is 0.753. The zero-order valence-electron chi connectivity index (χ0n) is 8.73. The molecule has 0 radical (unpaired) electrons. The molecule has 0 aliphatic carbocycles. The third kappa shape index (κ3) is 1.52.